The van der Waals surface area contributed by atoms with Gasteiger partial charge in [-0.25, -0.2) is 4.39 Å². The number of carboxylic acids is 1. The number of hydrogen-bond donors (Lipinski definition) is 2. The average molecular weight is 375 g/mol. The number of halogens is 1. The first-order valence-electron chi connectivity index (χ1n) is 8.41. The van der Waals surface area contributed by atoms with Crippen LogP contribution in [0.5, 0.6) is 0 Å². The molecule has 0 aromatic heterocycles. The molecule has 2 N–H and O–H groups in total. The van der Waals surface area contributed by atoms with Crippen molar-refractivity contribution < 1.29 is 28.6 Å². The lowest BCUT2D eigenvalue weighted by molar-refractivity contribution is -0.138. The zero-order chi connectivity index (χ0) is 19.8. The third-order valence-corrected chi connectivity index (χ3v) is 4.04. The molecule has 27 heavy (non-hydrogen) atoms. The summed E-state index contributed by atoms with van der Waals surface area (Å²) in [6, 6.07) is 10.6. The number of carboxylic acid groups (broad SMARTS) is 1. The molecule has 1 atom stereocenters. The fourth-order valence-corrected chi connectivity index (χ4v) is 2.35. The van der Waals surface area contributed by atoms with Gasteiger partial charge in [0.15, 0.2) is 0 Å². The molecule has 6 nitrogen and oxygen atoms in total. The highest BCUT2D eigenvalue weighted by atomic mass is 19.1. The van der Waals surface area contributed by atoms with Gasteiger partial charge in [-0.05, 0) is 42.8 Å². The number of rotatable bonds is 9. The first-order chi connectivity index (χ1) is 12.9. The maximum atomic E-state index is 13.9. The standard InChI is InChI=1S/C20H22FNO5/c1-13(20(24)25)14-3-6-17(7-4-14)22-19(23)15-5-8-18(21)16(11-15)12-27-10-9-26-2/h3-8,11,13H,9-10,12H2,1-2H3,(H,22,23)(H,24,25). The van der Waals surface area contributed by atoms with Crippen LogP contribution in [0.2, 0.25) is 0 Å². The molecule has 0 heterocycles. The molecule has 0 spiro atoms. The lowest BCUT2D eigenvalue weighted by atomic mass is 10.0. The van der Waals surface area contributed by atoms with E-state index in [9.17, 15) is 14.0 Å². The van der Waals surface area contributed by atoms with Gasteiger partial charge in [-0.3, -0.25) is 9.59 Å². The van der Waals surface area contributed by atoms with Crippen molar-refractivity contribution in [3.63, 3.8) is 0 Å². The van der Waals surface area contributed by atoms with Crippen LogP contribution in [0.3, 0.4) is 0 Å². The number of methoxy groups -OCH3 is 1. The number of aliphatic carboxylic acids is 1. The van der Waals surface area contributed by atoms with Gasteiger partial charge in [-0.1, -0.05) is 12.1 Å². The van der Waals surface area contributed by atoms with E-state index in [1.807, 2.05) is 0 Å². The molecule has 0 saturated carbocycles. The number of ether oxygens (including phenoxy) is 2. The Labute approximate surface area is 156 Å². The number of amides is 1. The minimum atomic E-state index is -0.918. The zero-order valence-electron chi connectivity index (χ0n) is 15.2. The maximum absolute atomic E-state index is 13.9. The van der Waals surface area contributed by atoms with E-state index in [0.29, 0.717) is 30.0 Å². The molecular formula is C20H22FNO5. The predicted molar refractivity (Wildman–Crippen MR) is 98.4 cm³/mol. The van der Waals surface area contributed by atoms with E-state index in [2.05, 4.69) is 5.32 Å². The Morgan fingerprint density at radius 1 is 1.15 bits per heavy atom. The zero-order valence-corrected chi connectivity index (χ0v) is 15.2. The van der Waals surface area contributed by atoms with Crippen LogP contribution in [0.15, 0.2) is 42.5 Å². The Morgan fingerprint density at radius 2 is 1.85 bits per heavy atom. The molecule has 1 amide bonds. The third kappa shape index (κ3) is 5.87. The molecule has 2 aromatic carbocycles. The molecule has 0 aliphatic carbocycles. The Bertz CT molecular complexity index is 791. The number of carbonyl (C=O) groups is 2. The lowest BCUT2D eigenvalue weighted by Crippen LogP contribution is -2.13. The van der Waals surface area contributed by atoms with Crippen molar-refractivity contribution >= 4 is 17.6 Å². The van der Waals surface area contributed by atoms with Crippen LogP contribution in [-0.2, 0) is 20.9 Å². The van der Waals surface area contributed by atoms with Crippen molar-refractivity contribution in [1.82, 2.24) is 0 Å². The highest BCUT2D eigenvalue weighted by Gasteiger charge is 2.14. The van der Waals surface area contributed by atoms with Crippen molar-refractivity contribution in [3.8, 4) is 0 Å². The van der Waals surface area contributed by atoms with Gasteiger partial charge in [0.25, 0.3) is 5.91 Å². The first-order valence-corrected chi connectivity index (χ1v) is 8.41. The molecule has 0 bridgehead atoms. The second-order valence-corrected chi connectivity index (χ2v) is 5.99. The van der Waals surface area contributed by atoms with Crippen LogP contribution in [0, 0.1) is 5.82 Å². The van der Waals surface area contributed by atoms with Gasteiger partial charge in [0.05, 0.1) is 25.7 Å². The van der Waals surface area contributed by atoms with Crippen molar-refractivity contribution in [1.29, 1.82) is 0 Å². The normalized spacial score (nSPS) is 11.8. The number of benzene rings is 2. The van der Waals surface area contributed by atoms with Gasteiger partial charge in [0.1, 0.15) is 5.82 Å². The fourth-order valence-electron chi connectivity index (χ4n) is 2.35. The van der Waals surface area contributed by atoms with E-state index in [0.717, 1.165) is 0 Å². The molecule has 1 unspecified atom stereocenters. The van der Waals surface area contributed by atoms with Gasteiger partial charge in [0, 0.05) is 23.9 Å². The summed E-state index contributed by atoms with van der Waals surface area (Å²) < 4.78 is 24.0. The van der Waals surface area contributed by atoms with E-state index < -0.39 is 23.6 Å². The second kappa shape index (κ2) is 9.80. The van der Waals surface area contributed by atoms with E-state index in [4.69, 9.17) is 14.6 Å². The summed E-state index contributed by atoms with van der Waals surface area (Å²) in [4.78, 5) is 23.4. The summed E-state index contributed by atoms with van der Waals surface area (Å²) >= 11 is 0. The Morgan fingerprint density at radius 3 is 2.48 bits per heavy atom. The lowest BCUT2D eigenvalue weighted by Gasteiger charge is -2.10. The van der Waals surface area contributed by atoms with Crippen molar-refractivity contribution in [3.05, 3.63) is 65.0 Å². The van der Waals surface area contributed by atoms with Crippen molar-refractivity contribution in [2.24, 2.45) is 0 Å². The Balaban J connectivity index is 2.04. The van der Waals surface area contributed by atoms with Gasteiger partial charge in [-0.15, -0.1) is 0 Å². The van der Waals surface area contributed by atoms with Crippen LogP contribution in [0.1, 0.15) is 34.3 Å². The van der Waals surface area contributed by atoms with Gasteiger partial charge >= 0.3 is 5.97 Å². The van der Waals surface area contributed by atoms with E-state index in [1.54, 1.807) is 38.3 Å². The Hall–Kier alpha value is -2.77. The Kier molecular flexibility index (Phi) is 7.45. The summed E-state index contributed by atoms with van der Waals surface area (Å²) in [6.45, 7) is 2.36. The number of hydrogen-bond acceptors (Lipinski definition) is 4. The summed E-state index contributed by atoms with van der Waals surface area (Å²) in [7, 11) is 1.55. The smallest absolute Gasteiger partial charge is 0.310 e. The summed E-state index contributed by atoms with van der Waals surface area (Å²) in [5.74, 6) is -2.39. The monoisotopic (exact) mass is 375 g/mol. The predicted octanol–water partition coefficient (Wildman–Crippen LogP) is 3.43. The fraction of sp³-hybridized carbons (Fsp3) is 0.300. The van der Waals surface area contributed by atoms with E-state index in [1.165, 1.54) is 18.2 Å². The molecule has 2 aromatic rings. The van der Waals surface area contributed by atoms with Crippen LogP contribution in [-0.4, -0.2) is 37.3 Å². The molecular weight excluding hydrogens is 353 g/mol. The molecule has 0 radical (unpaired) electrons. The second-order valence-electron chi connectivity index (χ2n) is 5.99. The summed E-state index contributed by atoms with van der Waals surface area (Å²) in [5, 5.41) is 11.7. The van der Waals surface area contributed by atoms with E-state index in [-0.39, 0.29) is 12.2 Å². The molecule has 0 aliphatic heterocycles. The van der Waals surface area contributed by atoms with Crippen molar-refractivity contribution in [2.45, 2.75) is 19.4 Å². The minimum Gasteiger partial charge on any atom is -0.481 e. The largest absolute Gasteiger partial charge is 0.481 e. The molecule has 2 rings (SSSR count). The molecule has 144 valence electrons. The quantitative estimate of drug-likeness (QED) is 0.656. The molecule has 0 saturated heterocycles. The first kappa shape index (κ1) is 20.5. The SMILES string of the molecule is COCCOCc1cc(C(=O)Nc2ccc(C(C)C(=O)O)cc2)ccc1F. The van der Waals surface area contributed by atoms with Gasteiger partial charge in [0.2, 0.25) is 0 Å². The van der Waals surface area contributed by atoms with Crippen LogP contribution < -0.4 is 5.32 Å². The number of carbonyl (C=O) groups excluding carboxylic acids is 1. The average Bonchev–Trinajstić information content (AvgIpc) is 2.66. The van der Waals surface area contributed by atoms with Crippen LogP contribution in [0.4, 0.5) is 10.1 Å². The van der Waals surface area contributed by atoms with Crippen LogP contribution in [0.25, 0.3) is 0 Å². The van der Waals surface area contributed by atoms with Gasteiger partial charge < -0.3 is 19.9 Å². The topological polar surface area (TPSA) is 84.9 Å². The third-order valence-electron chi connectivity index (χ3n) is 4.04. The molecule has 0 aliphatic rings. The molecule has 7 heteroatoms. The van der Waals surface area contributed by atoms with E-state index >= 15 is 0 Å². The molecule has 0 fully saturated rings. The summed E-state index contributed by atoms with van der Waals surface area (Å²) in [6.07, 6.45) is 0. The minimum absolute atomic E-state index is 0.0398. The van der Waals surface area contributed by atoms with Gasteiger partial charge in [-0.2, -0.15) is 0 Å². The highest BCUT2D eigenvalue weighted by molar-refractivity contribution is 6.04. The number of nitrogens with one attached hydrogen (secondary N) is 1. The number of anilines is 1. The highest BCUT2D eigenvalue weighted by Crippen LogP contribution is 2.19. The summed E-state index contributed by atoms with van der Waals surface area (Å²) in [5.41, 5.74) is 1.73. The maximum Gasteiger partial charge on any atom is 0.310 e. The van der Waals surface area contributed by atoms with Crippen LogP contribution >= 0.6 is 0 Å². The van der Waals surface area contributed by atoms with Crippen molar-refractivity contribution in [2.75, 3.05) is 25.6 Å².